The van der Waals surface area contributed by atoms with Crippen molar-refractivity contribution in [2.45, 2.75) is 0 Å². The van der Waals surface area contributed by atoms with Gasteiger partial charge in [-0.25, -0.2) is 9.97 Å². The number of rotatable bonds is 4. The van der Waals surface area contributed by atoms with Gasteiger partial charge in [-0.15, -0.1) is 0 Å². The molecule has 0 spiro atoms. The van der Waals surface area contributed by atoms with E-state index in [1.807, 2.05) is 6.20 Å². The molecule has 5 heteroatoms. The lowest BCUT2D eigenvalue weighted by Gasteiger charge is -2.11. The van der Waals surface area contributed by atoms with E-state index in [1.165, 1.54) is 49.1 Å². The summed E-state index contributed by atoms with van der Waals surface area (Å²) in [4.78, 5) is 10.1. The van der Waals surface area contributed by atoms with E-state index in [0.29, 0.717) is 5.71 Å². The zero-order chi connectivity index (χ0) is 38.6. The summed E-state index contributed by atoms with van der Waals surface area (Å²) < 4.78 is 11.2. The minimum atomic E-state index is 0.542. The lowest BCUT2D eigenvalue weighted by atomic mass is 9.98. The third kappa shape index (κ3) is 4.67. The van der Waals surface area contributed by atoms with E-state index in [2.05, 4.69) is 197 Å². The summed E-state index contributed by atoms with van der Waals surface area (Å²) >= 11 is 0. The second-order valence-corrected chi connectivity index (χ2v) is 15.4. The summed E-state index contributed by atoms with van der Waals surface area (Å²) in [7, 11) is 0. The molecule has 274 valence electrons. The number of nitrogens with zero attached hydrogens (tertiary/aromatic N) is 4. The van der Waals surface area contributed by atoms with Crippen LogP contribution in [0.3, 0.4) is 0 Å². The Labute approximate surface area is 337 Å². The highest BCUT2D eigenvalue weighted by atomic mass is 16.3. The Bertz CT molecular complexity index is 3850. The van der Waals surface area contributed by atoms with Crippen LogP contribution in [0.2, 0.25) is 0 Å². The number of hydrogen-bond donors (Lipinski definition) is 0. The monoisotopic (exact) mass is 752 g/mol. The molecule has 13 aromatic rings. The molecule has 0 aliphatic rings. The Morgan fingerprint density at radius 2 is 0.898 bits per heavy atom. The van der Waals surface area contributed by atoms with Gasteiger partial charge in [0.2, 0.25) is 5.71 Å². The quantitative estimate of drug-likeness (QED) is 0.168. The van der Waals surface area contributed by atoms with E-state index in [1.54, 1.807) is 0 Å². The van der Waals surface area contributed by atoms with Gasteiger partial charge in [0.25, 0.3) is 0 Å². The first-order valence-electron chi connectivity index (χ1n) is 20.0. The van der Waals surface area contributed by atoms with E-state index in [0.717, 1.165) is 66.3 Å². The standard InChI is InChI=1S/C54H32N4O/c1-2-14-36(15-3-1)57-47-23-10-8-19-40(47)44-30-33(25-27-49(44)57)34-26-28-50-45(31-34)41-20-9-11-24-48(41)58(50)37-16-12-13-35(29-37)46-32-55-54-52(56-46)51-42-21-6-4-17-38(42)39-18-5-7-22-43(39)53(51)59-54/h1-32H. The van der Waals surface area contributed by atoms with Gasteiger partial charge >= 0.3 is 0 Å². The van der Waals surface area contributed by atoms with Crippen LogP contribution in [0, 0.1) is 0 Å². The first-order valence-corrected chi connectivity index (χ1v) is 20.0. The van der Waals surface area contributed by atoms with Crippen molar-refractivity contribution in [2.75, 3.05) is 0 Å². The van der Waals surface area contributed by atoms with Gasteiger partial charge in [-0.3, -0.25) is 0 Å². The molecule has 0 amide bonds. The molecule has 13 rings (SSSR count). The Morgan fingerprint density at radius 1 is 0.373 bits per heavy atom. The van der Waals surface area contributed by atoms with E-state index >= 15 is 0 Å². The topological polar surface area (TPSA) is 48.8 Å². The van der Waals surface area contributed by atoms with Crippen molar-refractivity contribution in [1.29, 1.82) is 0 Å². The van der Waals surface area contributed by atoms with E-state index in [4.69, 9.17) is 14.4 Å². The predicted molar refractivity (Wildman–Crippen MR) is 244 cm³/mol. The third-order valence-corrected chi connectivity index (χ3v) is 12.2. The summed E-state index contributed by atoms with van der Waals surface area (Å²) in [6.07, 6.45) is 1.83. The maximum absolute atomic E-state index is 6.47. The first-order chi connectivity index (χ1) is 29.3. The molecule has 4 aromatic heterocycles. The van der Waals surface area contributed by atoms with Gasteiger partial charge in [0.15, 0.2) is 0 Å². The van der Waals surface area contributed by atoms with Crippen LogP contribution in [0.1, 0.15) is 0 Å². The highest BCUT2D eigenvalue weighted by molar-refractivity contribution is 6.29. The van der Waals surface area contributed by atoms with Crippen molar-refractivity contribution in [2.24, 2.45) is 0 Å². The molecule has 0 unspecified atom stereocenters. The van der Waals surface area contributed by atoms with E-state index < -0.39 is 0 Å². The fourth-order valence-electron chi connectivity index (χ4n) is 9.54. The summed E-state index contributed by atoms with van der Waals surface area (Å²) in [6.45, 7) is 0. The molecule has 0 aliphatic carbocycles. The second kappa shape index (κ2) is 12.2. The van der Waals surface area contributed by atoms with Gasteiger partial charge < -0.3 is 13.6 Å². The molecule has 0 bridgehead atoms. The molecule has 0 N–H and O–H groups in total. The summed E-state index contributed by atoms with van der Waals surface area (Å²) in [5.74, 6) is 0. The molecule has 0 fully saturated rings. The molecule has 59 heavy (non-hydrogen) atoms. The van der Waals surface area contributed by atoms with E-state index in [9.17, 15) is 0 Å². The molecule has 0 atom stereocenters. The molecule has 9 aromatic carbocycles. The molecule has 0 radical (unpaired) electrons. The number of aromatic nitrogens is 4. The van der Waals surface area contributed by atoms with E-state index in [-0.39, 0.29) is 0 Å². The average Bonchev–Trinajstić information content (AvgIpc) is 3.97. The van der Waals surface area contributed by atoms with Crippen LogP contribution in [-0.2, 0) is 0 Å². The minimum Gasteiger partial charge on any atom is -0.436 e. The van der Waals surface area contributed by atoms with Crippen LogP contribution in [-0.4, -0.2) is 19.1 Å². The average molecular weight is 753 g/mol. The Balaban J connectivity index is 0.952. The summed E-state index contributed by atoms with van der Waals surface area (Å²) in [5.41, 5.74) is 13.2. The van der Waals surface area contributed by atoms with Crippen LogP contribution >= 0.6 is 0 Å². The zero-order valence-corrected chi connectivity index (χ0v) is 31.7. The SMILES string of the molecule is c1ccc(-n2c3ccccc3c3cc(-c4ccc5c(c4)c4ccccc4n5-c4cccc(-c5cnc6oc7c8ccccc8c8ccccc8c7c6n5)c4)ccc32)cc1. The molecule has 4 heterocycles. The second-order valence-electron chi connectivity index (χ2n) is 15.4. The van der Waals surface area contributed by atoms with Gasteiger partial charge in [0.05, 0.1) is 39.3 Å². The number of para-hydroxylation sites is 3. The molecule has 0 saturated heterocycles. The molecule has 5 nitrogen and oxygen atoms in total. The molecule has 0 aliphatic heterocycles. The number of benzene rings is 9. The van der Waals surface area contributed by atoms with Crippen molar-refractivity contribution in [3.8, 4) is 33.8 Å². The Hall–Kier alpha value is -8.02. The van der Waals surface area contributed by atoms with Crippen LogP contribution in [0.4, 0.5) is 0 Å². The highest BCUT2D eigenvalue weighted by Crippen LogP contribution is 2.41. The lowest BCUT2D eigenvalue weighted by Crippen LogP contribution is -1.95. The Morgan fingerprint density at radius 3 is 1.58 bits per heavy atom. The van der Waals surface area contributed by atoms with Crippen molar-refractivity contribution in [1.82, 2.24) is 19.1 Å². The maximum atomic E-state index is 6.47. The van der Waals surface area contributed by atoms with Gasteiger partial charge in [-0.1, -0.05) is 127 Å². The molecular formula is C54H32N4O. The van der Waals surface area contributed by atoms with Crippen molar-refractivity contribution in [3.63, 3.8) is 0 Å². The van der Waals surface area contributed by atoms with Crippen LogP contribution in [0.5, 0.6) is 0 Å². The van der Waals surface area contributed by atoms with Crippen LogP contribution < -0.4 is 0 Å². The van der Waals surface area contributed by atoms with Crippen molar-refractivity contribution in [3.05, 3.63) is 194 Å². The van der Waals surface area contributed by atoms with Gasteiger partial charge in [0.1, 0.15) is 11.1 Å². The first kappa shape index (κ1) is 32.1. The van der Waals surface area contributed by atoms with Gasteiger partial charge in [-0.05, 0) is 87.9 Å². The number of furan rings is 1. The maximum Gasteiger partial charge on any atom is 0.246 e. The van der Waals surface area contributed by atoms with Crippen LogP contribution in [0.15, 0.2) is 199 Å². The molecular weight excluding hydrogens is 721 g/mol. The highest BCUT2D eigenvalue weighted by Gasteiger charge is 2.20. The molecule has 0 saturated carbocycles. The zero-order valence-electron chi connectivity index (χ0n) is 31.7. The normalized spacial score (nSPS) is 12.1. The fourth-order valence-corrected chi connectivity index (χ4v) is 9.54. The lowest BCUT2D eigenvalue weighted by molar-refractivity contribution is 0.656. The van der Waals surface area contributed by atoms with Crippen molar-refractivity contribution >= 4 is 87.4 Å². The minimum absolute atomic E-state index is 0.542. The summed E-state index contributed by atoms with van der Waals surface area (Å²) in [6, 6.07) is 67.3. The van der Waals surface area contributed by atoms with Crippen molar-refractivity contribution < 1.29 is 4.42 Å². The largest absolute Gasteiger partial charge is 0.436 e. The predicted octanol–water partition coefficient (Wildman–Crippen LogP) is 14.2. The van der Waals surface area contributed by atoms with Crippen LogP contribution in [0.25, 0.3) is 121 Å². The summed E-state index contributed by atoms with van der Waals surface area (Å²) in [5, 5.41) is 10.4. The van der Waals surface area contributed by atoms with Gasteiger partial charge in [0, 0.05) is 43.9 Å². The number of fused-ring (bicyclic) bond motifs is 14. The third-order valence-electron chi connectivity index (χ3n) is 12.2. The van der Waals surface area contributed by atoms with Gasteiger partial charge in [-0.2, -0.15) is 0 Å². The number of hydrogen-bond acceptors (Lipinski definition) is 3. The fraction of sp³-hybridized carbons (Fsp3) is 0. The Kier molecular flexibility index (Phi) is 6.66. The smallest absolute Gasteiger partial charge is 0.246 e.